The summed E-state index contributed by atoms with van der Waals surface area (Å²) < 4.78 is 4.19. The summed E-state index contributed by atoms with van der Waals surface area (Å²) in [5, 5.41) is 33.5. The molecule has 0 atom stereocenters. The second kappa shape index (κ2) is 6.53. The largest absolute Gasteiger partial charge is 0.481 e. The molecule has 0 amide bonds. The summed E-state index contributed by atoms with van der Waals surface area (Å²) in [7, 11) is 0. The van der Waals surface area contributed by atoms with Crippen molar-refractivity contribution in [3.8, 4) is 0 Å². The van der Waals surface area contributed by atoms with Crippen molar-refractivity contribution in [1.29, 1.82) is 0 Å². The molecule has 0 heterocycles. The van der Waals surface area contributed by atoms with Crippen molar-refractivity contribution in [2.75, 3.05) is 6.61 Å². The number of aliphatic hydroxyl groups excluding tert-OH is 1. The second-order valence-electron chi connectivity index (χ2n) is 2.66. The molecule has 8 heteroatoms. The zero-order valence-corrected chi connectivity index (χ0v) is 7.99. The van der Waals surface area contributed by atoms with Crippen molar-refractivity contribution in [3.63, 3.8) is 0 Å². The summed E-state index contributed by atoms with van der Waals surface area (Å²) in [6.45, 7) is -0.727. The fourth-order valence-corrected chi connectivity index (χ4v) is 0.692. The first kappa shape index (κ1) is 14.1. The van der Waals surface area contributed by atoms with E-state index in [9.17, 15) is 14.4 Å². The van der Waals surface area contributed by atoms with Gasteiger partial charge in [-0.25, -0.2) is 9.59 Å². The Morgan fingerprint density at radius 2 is 1.75 bits per heavy atom. The lowest BCUT2D eigenvalue weighted by atomic mass is 10.2. The monoisotopic (exact) mass is 234 g/mol. The number of carboxylic acids is 2. The van der Waals surface area contributed by atoms with Gasteiger partial charge in [-0.15, -0.1) is 0 Å². The number of hydrogen-bond donors (Lipinski definition) is 4. The van der Waals surface area contributed by atoms with E-state index >= 15 is 0 Å². The first-order valence-corrected chi connectivity index (χ1v) is 4.01. The standard InChI is InChI=1S/C8H10O8/c9-5(10)1-4(8(14)15)2-7(13)16-3-6(11)12/h2,6,11-12H,1,3H2,(H,9,10)(H,14,15). The Morgan fingerprint density at radius 3 is 2.12 bits per heavy atom. The van der Waals surface area contributed by atoms with Crippen molar-refractivity contribution in [2.24, 2.45) is 0 Å². The van der Waals surface area contributed by atoms with Crippen LogP contribution >= 0.6 is 0 Å². The normalized spacial score (nSPS) is 11.3. The Labute approximate surface area is 89.4 Å². The molecule has 0 spiro atoms. The molecule has 90 valence electrons. The minimum absolute atomic E-state index is 0.471. The maximum Gasteiger partial charge on any atom is 0.332 e. The predicted octanol–water partition coefficient (Wildman–Crippen LogP) is -1.67. The number of rotatable bonds is 6. The highest BCUT2D eigenvalue weighted by molar-refractivity contribution is 5.98. The fraction of sp³-hybridized carbons (Fsp3) is 0.375. The van der Waals surface area contributed by atoms with Gasteiger partial charge in [-0.05, 0) is 0 Å². The van der Waals surface area contributed by atoms with Gasteiger partial charge in [0.25, 0.3) is 0 Å². The minimum atomic E-state index is -1.87. The molecule has 0 aromatic rings. The van der Waals surface area contributed by atoms with Crippen molar-refractivity contribution in [3.05, 3.63) is 11.6 Å². The number of ether oxygens (including phenoxy) is 1. The van der Waals surface area contributed by atoms with Crippen LogP contribution in [0.1, 0.15) is 6.42 Å². The molecule has 0 rings (SSSR count). The molecule has 4 N–H and O–H groups in total. The topological polar surface area (TPSA) is 141 Å². The Balaban J connectivity index is 4.47. The summed E-state index contributed by atoms with van der Waals surface area (Å²) in [4.78, 5) is 31.6. The summed E-state index contributed by atoms with van der Waals surface area (Å²) >= 11 is 0. The van der Waals surface area contributed by atoms with E-state index in [1.165, 1.54) is 0 Å². The lowest BCUT2D eigenvalue weighted by molar-refractivity contribution is -0.151. The van der Waals surface area contributed by atoms with Crippen LogP contribution in [0, 0.1) is 0 Å². The van der Waals surface area contributed by atoms with Gasteiger partial charge < -0.3 is 25.2 Å². The number of aliphatic hydroxyl groups is 2. The van der Waals surface area contributed by atoms with Crippen LogP contribution in [-0.4, -0.2) is 51.2 Å². The number of carbonyl (C=O) groups excluding carboxylic acids is 1. The quantitative estimate of drug-likeness (QED) is 0.242. The molecule has 0 bridgehead atoms. The van der Waals surface area contributed by atoms with Gasteiger partial charge in [0.05, 0.1) is 12.0 Å². The van der Waals surface area contributed by atoms with Crippen LogP contribution < -0.4 is 0 Å². The molecular weight excluding hydrogens is 224 g/mol. The molecule has 0 fully saturated rings. The fourth-order valence-electron chi connectivity index (χ4n) is 0.692. The second-order valence-corrected chi connectivity index (χ2v) is 2.66. The van der Waals surface area contributed by atoms with Crippen LogP contribution in [-0.2, 0) is 19.1 Å². The highest BCUT2D eigenvalue weighted by Crippen LogP contribution is 2.02. The molecular formula is C8H10O8. The van der Waals surface area contributed by atoms with Crippen LogP contribution in [0.4, 0.5) is 0 Å². The lowest BCUT2D eigenvalue weighted by Gasteiger charge is -2.03. The van der Waals surface area contributed by atoms with Gasteiger partial charge in [0.1, 0.15) is 6.61 Å². The van der Waals surface area contributed by atoms with Crippen molar-refractivity contribution in [2.45, 2.75) is 12.7 Å². The Kier molecular flexibility index (Phi) is 5.75. The number of carboxylic acid groups (broad SMARTS) is 2. The average molecular weight is 234 g/mol. The van der Waals surface area contributed by atoms with Gasteiger partial charge in [-0.2, -0.15) is 0 Å². The molecule has 8 nitrogen and oxygen atoms in total. The third-order valence-corrected chi connectivity index (χ3v) is 1.28. The molecule has 0 saturated carbocycles. The van der Waals surface area contributed by atoms with Gasteiger partial charge in [-0.3, -0.25) is 4.79 Å². The molecule has 0 unspecified atom stereocenters. The van der Waals surface area contributed by atoms with Gasteiger partial charge in [0, 0.05) is 6.08 Å². The van der Waals surface area contributed by atoms with Gasteiger partial charge >= 0.3 is 17.9 Å². The lowest BCUT2D eigenvalue weighted by Crippen LogP contribution is -2.17. The van der Waals surface area contributed by atoms with Crippen molar-refractivity contribution >= 4 is 17.9 Å². The summed E-state index contributed by atoms with van der Waals surface area (Å²) in [6, 6.07) is 0. The van der Waals surface area contributed by atoms with Gasteiger partial charge in [0.15, 0.2) is 6.29 Å². The van der Waals surface area contributed by atoms with Crippen molar-refractivity contribution < 1.29 is 39.5 Å². The molecule has 0 aromatic carbocycles. The Bertz CT molecular complexity index is 316. The zero-order valence-electron chi connectivity index (χ0n) is 7.99. The molecule has 0 saturated heterocycles. The maximum atomic E-state index is 10.9. The molecule has 0 radical (unpaired) electrons. The Hall–Kier alpha value is -1.93. The minimum Gasteiger partial charge on any atom is -0.481 e. The average Bonchev–Trinajstić information content (AvgIpc) is 2.12. The van der Waals surface area contributed by atoms with E-state index in [1.807, 2.05) is 0 Å². The van der Waals surface area contributed by atoms with E-state index < -0.39 is 42.8 Å². The van der Waals surface area contributed by atoms with E-state index in [0.717, 1.165) is 0 Å². The molecule has 0 aromatic heterocycles. The van der Waals surface area contributed by atoms with Crippen LogP contribution in [0.2, 0.25) is 0 Å². The summed E-state index contributed by atoms with van der Waals surface area (Å²) in [5.41, 5.74) is -0.662. The first-order valence-electron chi connectivity index (χ1n) is 4.01. The van der Waals surface area contributed by atoms with E-state index in [1.54, 1.807) is 0 Å². The van der Waals surface area contributed by atoms with Gasteiger partial charge in [0.2, 0.25) is 0 Å². The highest BCUT2D eigenvalue weighted by Gasteiger charge is 2.14. The highest BCUT2D eigenvalue weighted by atomic mass is 16.6. The van der Waals surface area contributed by atoms with Crippen LogP contribution in [0.25, 0.3) is 0 Å². The predicted molar refractivity (Wildman–Crippen MR) is 47.2 cm³/mol. The third-order valence-electron chi connectivity index (χ3n) is 1.28. The number of aliphatic carboxylic acids is 2. The number of hydrogen-bond acceptors (Lipinski definition) is 6. The molecule has 0 aliphatic rings. The van der Waals surface area contributed by atoms with E-state index in [2.05, 4.69) is 4.74 Å². The van der Waals surface area contributed by atoms with Crippen LogP contribution in [0.15, 0.2) is 11.6 Å². The number of carbonyl (C=O) groups is 3. The van der Waals surface area contributed by atoms with Gasteiger partial charge in [-0.1, -0.05) is 0 Å². The number of esters is 1. The summed E-state index contributed by atoms with van der Waals surface area (Å²) in [6.07, 6.45) is -2.24. The maximum absolute atomic E-state index is 10.9. The molecule has 0 aliphatic carbocycles. The summed E-state index contributed by atoms with van der Waals surface area (Å²) in [5.74, 6) is -4.14. The zero-order chi connectivity index (χ0) is 12.7. The SMILES string of the molecule is O=C(O)CC(=CC(=O)OCC(O)O)C(=O)O. The first-order chi connectivity index (χ1) is 7.32. The van der Waals surface area contributed by atoms with Crippen molar-refractivity contribution in [1.82, 2.24) is 0 Å². The smallest absolute Gasteiger partial charge is 0.332 e. The molecule has 0 aliphatic heterocycles. The Morgan fingerprint density at radius 1 is 1.19 bits per heavy atom. The molecule has 16 heavy (non-hydrogen) atoms. The van der Waals surface area contributed by atoms with E-state index in [4.69, 9.17) is 20.4 Å². The third kappa shape index (κ3) is 6.51. The van der Waals surface area contributed by atoms with E-state index in [-0.39, 0.29) is 0 Å². The van der Waals surface area contributed by atoms with Crippen LogP contribution in [0.5, 0.6) is 0 Å². The van der Waals surface area contributed by atoms with Crippen LogP contribution in [0.3, 0.4) is 0 Å². The van der Waals surface area contributed by atoms with E-state index in [0.29, 0.717) is 6.08 Å².